The van der Waals surface area contributed by atoms with Gasteiger partial charge in [-0.15, -0.1) is 0 Å². The van der Waals surface area contributed by atoms with Crippen molar-refractivity contribution >= 4 is 5.69 Å². The molecular formula is C22H25N5O2. The second-order valence-corrected chi connectivity index (χ2v) is 7.33. The highest BCUT2D eigenvalue weighted by atomic mass is 16.3. The molecule has 1 aliphatic heterocycles. The minimum atomic E-state index is -0.0821. The van der Waals surface area contributed by atoms with Crippen molar-refractivity contribution in [2.75, 3.05) is 31.6 Å². The molecule has 2 N–H and O–H groups in total. The van der Waals surface area contributed by atoms with Crippen LogP contribution in [0.2, 0.25) is 0 Å². The van der Waals surface area contributed by atoms with Crippen molar-refractivity contribution in [1.82, 2.24) is 19.9 Å². The molecule has 1 aliphatic rings. The van der Waals surface area contributed by atoms with Gasteiger partial charge in [0.1, 0.15) is 5.69 Å². The molecule has 150 valence electrons. The van der Waals surface area contributed by atoms with Gasteiger partial charge in [-0.05, 0) is 29.8 Å². The maximum atomic E-state index is 12.7. The van der Waals surface area contributed by atoms with E-state index >= 15 is 0 Å². The molecule has 7 heteroatoms. The topological polar surface area (TPSA) is 85.3 Å². The summed E-state index contributed by atoms with van der Waals surface area (Å²) in [6.07, 6.45) is 2.44. The van der Waals surface area contributed by atoms with E-state index in [0.717, 1.165) is 36.5 Å². The van der Waals surface area contributed by atoms with Crippen LogP contribution >= 0.6 is 0 Å². The van der Waals surface area contributed by atoms with Crippen molar-refractivity contribution in [2.24, 2.45) is 0 Å². The van der Waals surface area contributed by atoms with Gasteiger partial charge in [-0.2, -0.15) is 0 Å². The van der Waals surface area contributed by atoms with Gasteiger partial charge in [-0.1, -0.05) is 18.2 Å². The molecule has 0 fully saturated rings. The van der Waals surface area contributed by atoms with E-state index in [9.17, 15) is 4.79 Å². The number of nitrogens with zero attached hydrogens (tertiary/aromatic N) is 4. The Labute approximate surface area is 169 Å². The van der Waals surface area contributed by atoms with Gasteiger partial charge in [-0.3, -0.25) is 14.7 Å². The van der Waals surface area contributed by atoms with E-state index in [1.54, 1.807) is 6.20 Å². The number of anilines is 1. The Bertz CT molecular complexity index is 1020. The fraction of sp³-hybridized carbons (Fsp3) is 0.318. The largest absolute Gasteiger partial charge is 0.395 e. The van der Waals surface area contributed by atoms with Crippen LogP contribution in [0.5, 0.6) is 0 Å². The van der Waals surface area contributed by atoms with Crippen molar-refractivity contribution in [3.8, 4) is 11.5 Å². The van der Waals surface area contributed by atoms with E-state index in [4.69, 9.17) is 5.11 Å². The molecule has 0 radical (unpaired) electrons. The monoisotopic (exact) mass is 391 g/mol. The average molecular weight is 391 g/mol. The maximum absolute atomic E-state index is 12.7. The van der Waals surface area contributed by atoms with Gasteiger partial charge in [0, 0.05) is 51.5 Å². The molecule has 2 aromatic heterocycles. The number of pyridine rings is 1. The summed E-state index contributed by atoms with van der Waals surface area (Å²) in [6, 6.07) is 13.9. The molecule has 1 aromatic carbocycles. The molecule has 0 saturated carbocycles. The molecule has 3 aromatic rings. The number of H-pyrrole nitrogens is 1. The molecule has 3 heterocycles. The number of fused-ring (bicyclic) bond motifs is 1. The zero-order chi connectivity index (χ0) is 20.2. The molecule has 0 atom stereocenters. The van der Waals surface area contributed by atoms with E-state index in [-0.39, 0.29) is 12.2 Å². The summed E-state index contributed by atoms with van der Waals surface area (Å²) < 4.78 is 0. The van der Waals surface area contributed by atoms with Crippen molar-refractivity contribution in [3.63, 3.8) is 0 Å². The minimum Gasteiger partial charge on any atom is -0.395 e. The number of benzene rings is 1. The summed E-state index contributed by atoms with van der Waals surface area (Å²) in [7, 11) is 1.96. The second kappa shape index (κ2) is 8.55. The van der Waals surface area contributed by atoms with Crippen molar-refractivity contribution < 1.29 is 5.11 Å². The Balaban J connectivity index is 1.47. The number of likely N-dealkylation sites (N-methyl/N-ethyl adjacent to an activating group) is 1. The lowest BCUT2D eigenvalue weighted by molar-refractivity contribution is 0.242. The molecule has 0 spiro atoms. The zero-order valence-electron chi connectivity index (χ0n) is 16.5. The third-order valence-electron chi connectivity index (χ3n) is 5.27. The van der Waals surface area contributed by atoms with E-state index in [1.807, 2.05) is 30.1 Å². The van der Waals surface area contributed by atoms with Crippen LogP contribution in [-0.4, -0.2) is 51.7 Å². The summed E-state index contributed by atoms with van der Waals surface area (Å²) in [5.41, 5.74) is 4.49. The van der Waals surface area contributed by atoms with Gasteiger partial charge < -0.3 is 15.0 Å². The van der Waals surface area contributed by atoms with Gasteiger partial charge in [0.15, 0.2) is 5.82 Å². The number of aromatic amines is 1. The Hall–Kier alpha value is -3.03. The second-order valence-electron chi connectivity index (χ2n) is 7.33. The van der Waals surface area contributed by atoms with Crippen LogP contribution in [-0.2, 0) is 19.5 Å². The van der Waals surface area contributed by atoms with Crippen LogP contribution in [0.3, 0.4) is 0 Å². The molecule has 0 saturated heterocycles. The van der Waals surface area contributed by atoms with Crippen LogP contribution in [0.4, 0.5) is 5.69 Å². The van der Waals surface area contributed by atoms with E-state index in [2.05, 4.69) is 44.1 Å². The van der Waals surface area contributed by atoms with Gasteiger partial charge >= 0.3 is 0 Å². The van der Waals surface area contributed by atoms with Gasteiger partial charge in [0.2, 0.25) is 0 Å². The normalized spacial score (nSPS) is 13.9. The Morgan fingerprint density at radius 3 is 2.76 bits per heavy atom. The number of aliphatic hydroxyl groups is 1. The van der Waals surface area contributed by atoms with Crippen LogP contribution in [0, 0.1) is 0 Å². The predicted octanol–water partition coefficient (Wildman–Crippen LogP) is 1.82. The highest BCUT2D eigenvalue weighted by Gasteiger charge is 2.21. The van der Waals surface area contributed by atoms with Crippen LogP contribution in [0.15, 0.2) is 53.5 Å². The lowest BCUT2D eigenvalue weighted by Gasteiger charge is -2.28. The Kier molecular flexibility index (Phi) is 5.69. The van der Waals surface area contributed by atoms with Gasteiger partial charge in [-0.25, -0.2) is 4.98 Å². The molecule has 29 heavy (non-hydrogen) atoms. The van der Waals surface area contributed by atoms with Crippen LogP contribution in [0.25, 0.3) is 11.5 Å². The quantitative estimate of drug-likeness (QED) is 0.667. The standard InChI is InChI=1S/C22H25N5O2/c1-26(12-13-28)17-7-5-16(6-8-17)14-27-11-9-19-18(15-27)22(29)25-21(24-19)20-4-2-3-10-23-20/h2-8,10,28H,9,11-15H2,1H3,(H,24,25,29). The van der Waals surface area contributed by atoms with Crippen molar-refractivity contribution in [3.05, 3.63) is 75.8 Å². The molecule has 0 amide bonds. The van der Waals surface area contributed by atoms with E-state index in [0.29, 0.717) is 24.6 Å². The number of nitrogens with one attached hydrogen (secondary N) is 1. The third kappa shape index (κ3) is 4.36. The van der Waals surface area contributed by atoms with E-state index in [1.165, 1.54) is 5.56 Å². The summed E-state index contributed by atoms with van der Waals surface area (Å²) >= 11 is 0. The lowest BCUT2D eigenvalue weighted by atomic mass is 10.1. The first-order chi connectivity index (χ1) is 14.1. The van der Waals surface area contributed by atoms with Crippen LogP contribution in [0.1, 0.15) is 16.8 Å². The number of aliphatic hydroxyl groups excluding tert-OH is 1. The van der Waals surface area contributed by atoms with Crippen molar-refractivity contribution in [2.45, 2.75) is 19.5 Å². The zero-order valence-corrected chi connectivity index (χ0v) is 16.5. The maximum Gasteiger partial charge on any atom is 0.255 e. The predicted molar refractivity (Wildman–Crippen MR) is 113 cm³/mol. The summed E-state index contributed by atoms with van der Waals surface area (Å²) in [5.74, 6) is 0.533. The summed E-state index contributed by atoms with van der Waals surface area (Å²) in [4.78, 5) is 28.8. The number of rotatable bonds is 6. The minimum absolute atomic E-state index is 0.0821. The molecule has 0 unspecified atom stereocenters. The molecule has 0 aliphatic carbocycles. The van der Waals surface area contributed by atoms with Crippen molar-refractivity contribution in [1.29, 1.82) is 0 Å². The summed E-state index contributed by atoms with van der Waals surface area (Å²) in [6.45, 7) is 2.98. The Morgan fingerprint density at radius 1 is 1.21 bits per heavy atom. The Morgan fingerprint density at radius 2 is 2.03 bits per heavy atom. The SMILES string of the molecule is CN(CCO)c1ccc(CN2CCc3nc(-c4ccccn4)[nH]c(=O)c3C2)cc1. The smallest absolute Gasteiger partial charge is 0.255 e. The number of aromatic nitrogens is 3. The van der Waals surface area contributed by atoms with E-state index < -0.39 is 0 Å². The van der Waals surface area contributed by atoms with Gasteiger partial charge in [0.25, 0.3) is 5.56 Å². The number of hydrogen-bond donors (Lipinski definition) is 2. The third-order valence-corrected chi connectivity index (χ3v) is 5.27. The lowest BCUT2D eigenvalue weighted by Crippen LogP contribution is -2.35. The molecule has 0 bridgehead atoms. The highest BCUT2D eigenvalue weighted by molar-refractivity contribution is 5.49. The first-order valence-electron chi connectivity index (χ1n) is 9.81. The summed E-state index contributed by atoms with van der Waals surface area (Å²) in [5, 5.41) is 9.07. The molecule has 4 rings (SSSR count). The fourth-order valence-electron chi connectivity index (χ4n) is 3.63. The van der Waals surface area contributed by atoms with Gasteiger partial charge in [0.05, 0.1) is 17.9 Å². The molecule has 7 nitrogen and oxygen atoms in total. The number of hydrogen-bond acceptors (Lipinski definition) is 6. The molecular weight excluding hydrogens is 366 g/mol. The first kappa shape index (κ1) is 19.3. The first-order valence-corrected chi connectivity index (χ1v) is 9.81. The average Bonchev–Trinajstić information content (AvgIpc) is 2.75. The van der Waals surface area contributed by atoms with Crippen LogP contribution < -0.4 is 10.5 Å². The highest BCUT2D eigenvalue weighted by Crippen LogP contribution is 2.20. The fourth-order valence-corrected chi connectivity index (χ4v) is 3.63.